The third-order valence-corrected chi connectivity index (χ3v) is 9.29. The first-order valence-corrected chi connectivity index (χ1v) is 13.9. The van der Waals surface area contributed by atoms with Crippen LogP contribution in [0, 0.1) is 18.8 Å². The predicted octanol–water partition coefficient (Wildman–Crippen LogP) is 5.37. The predicted molar refractivity (Wildman–Crippen MR) is 130 cm³/mol. The van der Waals surface area contributed by atoms with Crippen LogP contribution in [0.3, 0.4) is 0 Å². The number of nitrogens with zero attached hydrogens (tertiary/aromatic N) is 5. The van der Waals surface area contributed by atoms with E-state index in [9.17, 15) is 0 Å². The first kappa shape index (κ1) is 27.7. The Hall–Kier alpha value is 0.663. The standard InChI is InChI=1S/C4H2N4S6.C3H4N2S2.C2H2N2S3.Zn/c9-1-5-7-3(11-1)13-14-4-8-6-2(10)12-4;1-2-4-5-3(6)7-2;5-1-3-4-2(6)7-1;/h(H,5,9)(H,6,10);1H3,(H,5,6);(H,3,5)(H,4,6);/q;;;+2/p-2. The minimum Gasteiger partial charge on any atom is -0.406 e. The maximum absolute atomic E-state index is 4.91. The van der Waals surface area contributed by atoms with E-state index >= 15 is 0 Å². The van der Waals surface area contributed by atoms with E-state index in [4.69, 9.17) is 24.4 Å². The van der Waals surface area contributed by atoms with Crippen molar-refractivity contribution in [3.63, 3.8) is 0 Å². The fourth-order valence-electron chi connectivity index (χ4n) is 1.07. The van der Waals surface area contributed by atoms with E-state index in [1.54, 1.807) is 0 Å². The summed E-state index contributed by atoms with van der Waals surface area (Å²) < 4.78 is 4.99. The van der Waals surface area contributed by atoms with Crippen LogP contribution in [-0.2, 0) is 44.7 Å². The number of aromatic amines is 3. The largest absolute Gasteiger partial charge is 2.00 e. The van der Waals surface area contributed by atoms with Crippen molar-refractivity contribution in [1.82, 2.24) is 40.8 Å². The Kier molecular flexibility index (Phi) is 14.0. The maximum Gasteiger partial charge on any atom is 2.00 e. The Bertz CT molecular complexity index is 1080. The van der Waals surface area contributed by atoms with Crippen molar-refractivity contribution >= 4 is 129 Å². The molecule has 0 atom stereocenters. The van der Waals surface area contributed by atoms with E-state index in [-0.39, 0.29) is 19.5 Å². The van der Waals surface area contributed by atoms with Gasteiger partial charge in [-0.05, 0) is 61.6 Å². The molecule has 0 spiro atoms. The van der Waals surface area contributed by atoms with Gasteiger partial charge < -0.3 is 47.9 Å². The number of aromatic nitrogens is 8. The molecule has 0 aliphatic carbocycles. The quantitative estimate of drug-likeness (QED) is 0.115. The summed E-state index contributed by atoms with van der Waals surface area (Å²) in [5.74, 6) is 0. The molecule has 0 radical (unpaired) electrons. The molecule has 0 unspecified atom stereocenters. The zero-order chi connectivity index (χ0) is 20.5. The van der Waals surface area contributed by atoms with E-state index in [0.29, 0.717) is 20.5 Å². The molecule has 0 saturated carbocycles. The summed E-state index contributed by atoms with van der Waals surface area (Å²) in [6, 6.07) is 0. The Morgan fingerprint density at radius 2 is 1.21 bits per heavy atom. The molecular formula is C9H6N8S11Zn. The van der Waals surface area contributed by atoms with Crippen LogP contribution in [0.5, 0.6) is 0 Å². The maximum atomic E-state index is 4.91. The third kappa shape index (κ3) is 11.7. The molecule has 4 aromatic heterocycles. The molecule has 0 aliphatic rings. The van der Waals surface area contributed by atoms with Crippen LogP contribution in [0.2, 0.25) is 0 Å². The zero-order valence-electron chi connectivity index (χ0n) is 13.9. The minimum absolute atomic E-state index is 0. The van der Waals surface area contributed by atoms with Crippen LogP contribution in [-0.4, -0.2) is 40.8 Å². The Labute approximate surface area is 227 Å². The van der Waals surface area contributed by atoms with Gasteiger partial charge in [-0.25, -0.2) is 0 Å². The fraction of sp³-hybridized carbons (Fsp3) is 0.111. The summed E-state index contributed by atoms with van der Waals surface area (Å²) in [6.07, 6.45) is 0. The SMILES string of the molecule is Cc1nnc([S-])s1.S=c1[nH]nc(SSc2n[nH]c(=S)s2)s1.S=c1[nH]nc([S-])s1.[Zn+2]. The van der Waals surface area contributed by atoms with Crippen LogP contribution < -0.4 is 0 Å². The van der Waals surface area contributed by atoms with E-state index in [2.05, 4.69) is 78.3 Å². The normalized spacial score (nSPS) is 9.55. The smallest absolute Gasteiger partial charge is 0.406 e. The van der Waals surface area contributed by atoms with Crippen molar-refractivity contribution in [1.29, 1.82) is 0 Å². The van der Waals surface area contributed by atoms with E-state index < -0.39 is 0 Å². The van der Waals surface area contributed by atoms with Gasteiger partial charge in [-0.1, -0.05) is 34.9 Å². The summed E-state index contributed by atoms with van der Waals surface area (Å²) in [7, 11) is 3.03. The van der Waals surface area contributed by atoms with Gasteiger partial charge in [0.1, 0.15) is 0 Å². The van der Waals surface area contributed by atoms with Crippen molar-refractivity contribution < 1.29 is 19.5 Å². The topological polar surface area (TPSA) is 112 Å². The van der Waals surface area contributed by atoms with Crippen LogP contribution >= 0.6 is 104 Å². The molecule has 0 aromatic carbocycles. The molecule has 8 nitrogen and oxygen atoms in total. The number of hydrogen-bond donors (Lipinski definition) is 3. The van der Waals surface area contributed by atoms with Gasteiger partial charge in [-0.2, -0.15) is 25.5 Å². The average Bonchev–Trinajstić information content (AvgIpc) is 3.40. The molecule has 4 aromatic rings. The van der Waals surface area contributed by atoms with Crippen molar-refractivity contribution in [2.45, 2.75) is 24.3 Å². The third-order valence-electron chi connectivity index (χ3n) is 1.95. The van der Waals surface area contributed by atoms with Crippen molar-refractivity contribution in [3.8, 4) is 0 Å². The van der Waals surface area contributed by atoms with Crippen molar-refractivity contribution in [2.24, 2.45) is 0 Å². The van der Waals surface area contributed by atoms with Crippen LogP contribution in [0.25, 0.3) is 0 Å². The monoisotopic (exact) mass is 642 g/mol. The molecule has 150 valence electrons. The molecule has 0 aliphatic heterocycles. The van der Waals surface area contributed by atoms with Gasteiger partial charge in [-0.3, -0.25) is 15.3 Å². The number of rotatable bonds is 3. The van der Waals surface area contributed by atoms with Gasteiger partial charge in [-0.15, -0.1) is 0 Å². The second kappa shape index (κ2) is 14.7. The van der Waals surface area contributed by atoms with Gasteiger partial charge >= 0.3 is 19.5 Å². The van der Waals surface area contributed by atoms with Crippen LogP contribution in [0.15, 0.2) is 17.4 Å². The molecule has 0 saturated heterocycles. The molecule has 0 fully saturated rings. The Balaban J connectivity index is 0.000000237. The number of aryl methyl sites for hydroxylation is 1. The van der Waals surface area contributed by atoms with Gasteiger partial charge in [0.2, 0.25) is 0 Å². The number of H-pyrrole nitrogens is 3. The number of nitrogens with one attached hydrogen (secondary N) is 3. The van der Waals surface area contributed by atoms with Gasteiger partial charge in [0.05, 0.1) is 3.95 Å². The molecule has 29 heavy (non-hydrogen) atoms. The molecule has 0 amide bonds. The molecule has 4 heterocycles. The van der Waals surface area contributed by atoms with Gasteiger partial charge in [0.25, 0.3) is 0 Å². The molecule has 3 N–H and O–H groups in total. The second-order valence-electron chi connectivity index (χ2n) is 3.89. The molecule has 20 heteroatoms. The van der Waals surface area contributed by atoms with Crippen molar-refractivity contribution in [3.05, 3.63) is 16.9 Å². The average molecular weight is 644 g/mol. The van der Waals surface area contributed by atoms with E-state index in [1.807, 2.05) is 6.92 Å². The van der Waals surface area contributed by atoms with Crippen molar-refractivity contribution in [2.75, 3.05) is 0 Å². The first-order chi connectivity index (χ1) is 13.3. The molecule has 4 rings (SSSR count). The van der Waals surface area contributed by atoms with Crippen LogP contribution in [0.1, 0.15) is 5.01 Å². The van der Waals surface area contributed by atoms with Gasteiger partial charge in [0, 0.05) is 5.01 Å². The summed E-state index contributed by atoms with van der Waals surface area (Å²) >= 11 is 29.4. The molecule has 0 bridgehead atoms. The summed E-state index contributed by atoms with van der Waals surface area (Å²) in [6.45, 7) is 1.88. The first-order valence-electron chi connectivity index (χ1n) is 6.47. The van der Waals surface area contributed by atoms with E-state index in [0.717, 1.165) is 13.7 Å². The van der Waals surface area contributed by atoms with Crippen LogP contribution in [0.4, 0.5) is 0 Å². The van der Waals surface area contributed by atoms with Gasteiger partial charge in [0.15, 0.2) is 16.6 Å². The zero-order valence-corrected chi connectivity index (χ0v) is 25.9. The summed E-state index contributed by atoms with van der Waals surface area (Å²) in [4.78, 5) is 0. The summed E-state index contributed by atoms with van der Waals surface area (Å²) in [5, 5.41) is 27.8. The minimum atomic E-state index is 0. The summed E-state index contributed by atoms with van der Waals surface area (Å²) in [5.41, 5.74) is 0. The fourth-order valence-corrected chi connectivity index (χ4v) is 7.49. The second-order valence-corrected chi connectivity index (χ2v) is 14.0. The molecular weight excluding hydrogens is 638 g/mol. The Morgan fingerprint density at radius 1 is 0.724 bits per heavy atom. The van der Waals surface area contributed by atoms with E-state index in [1.165, 1.54) is 66.9 Å². The number of hydrogen-bond acceptors (Lipinski definition) is 16. The Morgan fingerprint density at radius 3 is 1.41 bits per heavy atom.